The molecule has 0 aliphatic carbocycles. The number of fused-ring (bicyclic) bond motifs is 1. The minimum absolute atomic E-state index is 0.182. The first-order chi connectivity index (χ1) is 12.3. The summed E-state index contributed by atoms with van der Waals surface area (Å²) in [4.78, 5) is 25.6. The van der Waals surface area contributed by atoms with Crippen LogP contribution in [0.15, 0.2) is 53.0 Å². The van der Waals surface area contributed by atoms with Crippen molar-refractivity contribution >= 4 is 37.8 Å². The summed E-state index contributed by atoms with van der Waals surface area (Å²) in [5, 5.41) is 0. The number of nitrogens with zero attached hydrogens (tertiary/aromatic N) is 1. The molecule has 0 spiro atoms. The topological polar surface area (TPSA) is 80.8 Å². The van der Waals surface area contributed by atoms with Crippen LogP contribution in [0.25, 0.3) is 0 Å². The third kappa shape index (κ3) is 3.14. The highest BCUT2D eigenvalue weighted by Gasteiger charge is 2.48. The zero-order valence-electron chi connectivity index (χ0n) is 14.0. The predicted molar refractivity (Wildman–Crippen MR) is 99.1 cm³/mol. The Morgan fingerprint density at radius 1 is 1.12 bits per heavy atom. The van der Waals surface area contributed by atoms with E-state index in [0.717, 1.165) is 15.0 Å². The summed E-state index contributed by atoms with van der Waals surface area (Å²) in [5.74, 6) is -2.22. The van der Waals surface area contributed by atoms with E-state index >= 15 is 0 Å². The van der Waals surface area contributed by atoms with Crippen molar-refractivity contribution in [3.05, 3.63) is 69.7 Å². The van der Waals surface area contributed by atoms with Gasteiger partial charge in [-0.1, -0.05) is 46.3 Å². The van der Waals surface area contributed by atoms with Gasteiger partial charge in [0.05, 0.1) is 19.4 Å². The average molecular weight is 438 g/mol. The van der Waals surface area contributed by atoms with Crippen LogP contribution in [0.4, 0.5) is 0 Å². The maximum Gasteiger partial charge on any atom is 0.315 e. The molecule has 1 heterocycles. The van der Waals surface area contributed by atoms with E-state index in [1.807, 2.05) is 0 Å². The van der Waals surface area contributed by atoms with Crippen molar-refractivity contribution in [1.82, 2.24) is 4.31 Å². The number of carbonyl (C=O) groups is 2. The summed E-state index contributed by atoms with van der Waals surface area (Å²) in [7, 11) is -2.69. The van der Waals surface area contributed by atoms with Gasteiger partial charge in [-0.05, 0) is 29.3 Å². The molecule has 0 unspecified atom stereocenters. The van der Waals surface area contributed by atoms with Crippen molar-refractivity contribution in [2.45, 2.75) is 12.0 Å². The van der Waals surface area contributed by atoms with Gasteiger partial charge in [-0.25, -0.2) is 12.7 Å². The molecule has 1 amide bonds. The highest BCUT2D eigenvalue weighted by Crippen LogP contribution is 2.44. The molecule has 0 N–H and O–H groups in total. The number of rotatable bonds is 3. The molecule has 0 saturated carbocycles. The van der Waals surface area contributed by atoms with Gasteiger partial charge in [-0.15, -0.1) is 0 Å². The van der Waals surface area contributed by atoms with Gasteiger partial charge in [0, 0.05) is 10.0 Å². The lowest BCUT2D eigenvalue weighted by molar-refractivity contribution is -0.143. The second-order valence-corrected chi connectivity index (χ2v) is 8.72. The minimum Gasteiger partial charge on any atom is -0.468 e. The molecule has 1 aliphatic rings. The molecule has 3 rings (SSSR count). The van der Waals surface area contributed by atoms with E-state index in [1.54, 1.807) is 42.5 Å². The molecule has 2 atom stereocenters. The monoisotopic (exact) mass is 437 g/mol. The standard InChI is InChI=1S/C18H16BrNO5S/c1-25-18(22)15-13-5-3-4-6-14(13)17(21)20(26(2,23)24)16(15)11-7-9-12(19)10-8-11/h3-10,15-16H,1-2H3/t15-,16+/m0/s1. The van der Waals surface area contributed by atoms with Gasteiger partial charge in [-0.3, -0.25) is 9.59 Å². The smallest absolute Gasteiger partial charge is 0.315 e. The molecule has 0 fully saturated rings. The zero-order chi connectivity index (χ0) is 19.1. The number of sulfonamides is 1. The normalized spacial score (nSPS) is 19.8. The van der Waals surface area contributed by atoms with E-state index in [4.69, 9.17) is 4.74 Å². The van der Waals surface area contributed by atoms with Crippen molar-refractivity contribution < 1.29 is 22.7 Å². The molecular weight excluding hydrogens is 422 g/mol. The first kappa shape index (κ1) is 18.6. The number of methoxy groups -OCH3 is 1. The Kier molecular flexibility index (Phi) is 4.90. The van der Waals surface area contributed by atoms with Gasteiger partial charge >= 0.3 is 5.97 Å². The molecule has 2 aromatic rings. The molecule has 136 valence electrons. The van der Waals surface area contributed by atoms with Gasteiger partial charge in [0.15, 0.2) is 0 Å². The largest absolute Gasteiger partial charge is 0.468 e. The summed E-state index contributed by atoms with van der Waals surface area (Å²) in [5.41, 5.74) is 1.16. The predicted octanol–water partition coefficient (Wildman–Crippen LogP) is 2.86. The van der Waals surface area contributed by atoms with Gasteiger partial charge in [0.2, 0.25) is 10.0 Å². The maximum atomic E-state index is 13.0. The molecule has 2 aromatic carbocycles. The van der Waals surface area contributed by atoms with E-state index < -0.39 is 33.9 Å². The number of hydrogen-bond acceptors (Lipinski definition) is 5. The number of esters is 1. The number of amides is 1. The Balaban J connectivity index is 2.32. The molecule has 0 radical (unpaired) electrons. The number of benzene rings is 2. The van der Waals surface area contributed by atoms with Gasteiger partial charge in [0.1, 0.15) is 5.92 Å². The third-order valence-corrected chi connectivity index (χ3v) is 5.95. The summed E-state index contributed by atoms with van der Waals surface area (Å²) < 4.78 is 31.4. The van der Waals surface area contributed by atoms with E-state index in [9.17, 15) is 18.0 Å². The quantitative estimate of drug-likeness (QED) is 0.689. The fraction of sp³-hybridized carbons (Fsp3) is 0.222. The van der Waals surface area contributed by atoms with Gasteiger partial charge in [-0.2, -0.15) is 0 Å². The van der Waals surface area contributed by atoms with Crippen molar-refractivity contribution in [3.63, 3.8) is 0 Å². The molecule has 1 aliphatic heterocycles. The first-order valence-corrected chi connectivity index (χ1v) is 10.4. The van der Waals surface area contributed by atoms with Crippen LogP contribution in [0.5, 0.6) is 0 Å². The lowest BCUT2D eigenvalue weighted by atomic mass is 9.81. The average Bonchev–Trinajstić information content (AvgIpc) is 2.60. The Hall–Kier alpha value is -2.19. The van der Waals surface area contributed by atoms with Gasteiger partial charge < -0.3 is 4.74 Å². The van der Waals surface area contributed by atoms with Crippen LogP contribution in [0.1, 0.15) is 33.4 Å². The molecule has 8 heteroatoms. The van der Waals surface area contributed by atoms with Crippen LogP contribution in [0.2, 0.25) is 0 Å². The van der Waals surface area contributed by atoms with Crippen molar-refractivity contribution in [2.75, 3.05) is 13.4 Å². The van der Waals surface area contributed by atoms with Crippen LogP contribution in [0.3, 0.4) is 0 Å². The van der Waals surface area contributed by atoms with Crippen molar-refractivity contribution in [2.24, 2.45) is 0 Å². The van der Waals surface area contributed by atoms with Crippen LogP contribution < -0.4 is 0 Å². The van der Waals surface area contributed by atoms with Gasteiger partial charge in [0.25, 0.3) is 5.91 Å². The molecule has 6 nitrogen and oxygen atoms in total. The Morgan fingerprint density at radius 2 is 1.73 bits per heavy atom. The number of hydrogen-bond donors (Lipinski definition) is 0. The van der Waals surface area contributed by atoms with E-state index in [0.29, 0.717) is 11.1 Å². The number of ether oxygens (including phenoxy) is 1. The van der Waals surface area contributed by atoms with Crippen LogP contribution in [-0.2, 0) is 19.6 Å². The van der Waals surface area contributed by atoms with Crippen LogP contribution in [-0.4, -0.2) is 38.0 Å². The second kappa shape index (κ2) is 6.85. The Morgan fingerprint density at radius 3 is 2.31 bits per heavy atom. The zero-order valence-corrected chi connectivity index (χ0v) is 16.5. The molecule has 0 bridgehead atoms. The Bertz CT molecular complexity index is 971. The number of carbonyl (C=O) groups excluding carboxylic acids is 2. The van der Waals surface area contributed by atoms with Crippen molar-refractivity contribution in [1.29, 1.82) is 0 Å². The second-order valence-electron chi connectivity index (χ2n) is 5.95. The SMILES string of the molecule is COC(=O)[C@H]1c2ccccc2C(=O)N(S(C)(=O)=O)[C@@H]1c1ccc(Br)cc1. The third-order valence-electron chi connectivity index (χ3n) is 4.32. The lowest BCUT2D eigenvalue weighted by Gasteiger charge is -2.39. The maximum absolute atomic E-state index is 13.0. The first-order valence-electron chi connectivity index (χ1n) is 7.71. The molecule has 0 saturated heterocycles. The van der Waals surface area contributed by atoms with Crippen LogP contribution in [0, 0.1) is 0 Å². The van der Waals surface area contributed by atoms with E-state index in [-0.39, 0.29) is 5.56 Å². The van der Waals surface area contributed by atoms with E-state index in [2.05, 4.69) is 15.9 Å². The highest BCUT2D eigenvalue weighted by atomic mass is 79.9. The summed E-state index contributed by atoms with van der Waals surface area (Å²) in [6.07, 6.45) is 0.957. The lowest BCUT2D eigenvalue weighted by Crippen LogP contribution is -2.47. The summed E-state index contributed by atoms with van der Waals surface area (Å²) in [6.45, 7) is 0. The fourth-order valence-corrected chi connectivity index (χ4v) is 4.56. The molecule has 26 heavy (non-hydrogen) atoms. The Labute approximate surface area is 159 Å². The minimum atomic E-state index is -3.94. The summed E-state index contributed by atoms with van der Waals surface area (Å²) >= 11 is 3.33. The van der Waals surface area contributed by atoms with Crippen LogP contribution >= 0.6 is 15.9 Å². The van der Waals surface area contributed by atoms with Crippen molar-refractivity contribution in [3.8, 4) is 0 Å². The van der Waals surface area contributed by atoms with E-state index in [1.165, 1.54) is 13.2 Å². The molecule has 0 aromatic heterocycles. The molecular formula is C18H16BrNO5S. The summed E-state index contributed by atoms with van der Waals surface area (Å²) in [6, 6.07) is 12.3. The fourth-order valence-electron chi connectivity index (χ4n) is 3.24. The highest BCUT2D eigenvalue weighted by molar-refractivity contribution is 9.10. The number of halogens is 1.